The topological polar surface area (TPSA) is 65.8 Å². The van der Waals surface area contributed by atoms with Crippen molar-refractivity contribution in [2.45, 2.75) is 26.3 Å². The monoisotopic (exact) mass is 360 g/mol. The van der Waals surface area contributed by atoms with Crippen LogP contribution in [0.3, 0.4) is 0 Å². The van der Waals surface area contributed by atoms with E-state index in [9.17, 15) is 4.79 Å². The van der Waals surface area contributed by atoms with Crippen molar-refractivity contribution in [1.29, 1.82) is 0 Å². The predicted octanol–water partition coefficient (Wildman–Crippen LogP) is 3.47. The maximum atomic E-state index is 13.2. The van der Waals surface area contributed by atoms with E-state index >= 15 is 0 Å². The minimum atomic E-state index is -0.0647. The molecule has 27 heavy (non-hydrogen) atoms. The van der Waals surface area contributed by atoms with Crippen LogP contribution >= 0.6 is 0 Å². The molecule has 0 radical (unpaired) electrons. The lowest BCUT2D eigenvalue weighted by molar-refractivity contribution is 0.646. The second-order valence-corrected chi connectivity index (χ2v) is 6.80. The Kier molecular flexibility index (Phi) is 4.54. The summed E-state index contributed by atoms with van der Waals surface area (Å²) in [5.41, 5.74) is 11.1. The van der Waals surface area contributed by atoms with E-state index in [1.807, 2.05) is 43.4 Å². The molecule has 5 nitrogen and oxygen atoms in total. The SMILES string of the molecule is CCc1c(-c2nc3ccccc3n(C)c2=O)c2ccccc2n1CCCN. The Morgan fingerprint density at radius 3 is 2.48 bits per heavy atom. The summed E-state index contributed by atoms with van der Waals surface area (Å²) in [4.78, 5) is 18.0. The molecular weight excluding hydrogens is 336 g/mol. The number of benzene rings is 2. The van der Waals surface area contributed by atoms with Crippen LogP contribution in [0.4, 0.5) is 0 Å². The molecule has 2 heterocycles. The van der Waals surface area contributed by atoms with Crippen molar-refractivity contribution < 1.29 is 0 Å². The van der Waals surface area contributed by atoms with E-state index in [4.69, 9.17) is 10.7 Å². The third kappa shape index (κ3) is 2.75. The number of nitrogens with zero attached hydrogens (tertiary/aromatic N) is 3. The Bertz CT molecular complexity index is 1190. The fraction of sp³-hybridized carbons (Fsp3) is 0.273. The van der Waals surface area contributed by atoms with Crippen LogP contribution in [0, 0.1) is 0 Å². The van der Waals surface area contributed by atoms with Crippen molar-refractivity contribution in [3.05, 3.63) is 64.6 Å². The van der Waals surface area contributed by atoms with Gasteiger partial charge in [-0.3, -0.25) is 4.79 Å². The van der Waals surface area contributed by atoms with E-state index < -0.39 is 0 Å². The maximum absolute atomic E-state index is 13.2. The van der Waals surface area contributed by atoms with Crippen LogP contribution in [0.15, 0.2) is 53.3 Å². The van der Waals surface area contributed by atoms with Crippen LogP contribution < -0.4 is 11.3 Å². The standard InChI is InChI=1S/C22H24N4O/c1-3-17-20(15-9-4-6-11-18(15)26(17)14-8-13-23)21-22(27)25(2)19-12-7-5-10-16(19)24-21/h4-7,9-12H,3,8,13-14,23H2,1-2H3. The average molecular weight is 360 g/mol. The summed E-state index contributed by atoms with van der Waals surface area (Å²) >= 11 is 0. The van der Waals surface area contributed by atoms with E-state index in [-0.39, 0.29) is 5.56 Å². The van der Waals surface area contributed by atoms with Crippen LogP contribution in [0.5, 0.6) is 0 Å². The maximum Gasteiger partial charge on any atom is 0.277 e. The molecule has 4 rings (SSSR count). The Morgan fingerprint density at radius 1 is 1.04 bits per heavy atom. The van der Waals surface area contributed by atoms with E-state index in [1.165, 1.54) is 0 Å². The van der Waals surface area contributed by atoms with Crippen LogP contribution in [0.2, 0.25) is 0 Å². The number of aromatic nitrogens is 3. The lowest BCUT2D eigenvalue weighted by Gasteiger charge is -2.11. The highest BCUT2D eigenvalue weighted by atomic mass is 16.1. The molecular formula is C22H24N4O. The smallest absolute Gasteiger partial charge is 0.277 e. The summed E-state index contributed by atoms with van der Waals surface area (Å²) in [7, 11) is 1.81. The lowest BCUT2D eigenvalue weighted by atomic mass is 10.1. The third-order valence-corrected chi connectivity index (χ3v) is 5.22. The Balaban J connectivity index is 2.09. The second-order valence-electron chi connectivity index (χ2n) is 6.80. The summed E-state index contributed by atoms with van der Waals surface area (Å²) in [5.74, 6) is 0. The van der Waals surface area contributed by atoms with Crippen molar-refractivity contribution in [3.8, 4) is 11.3 Å². The zero-order valence-electron chi connectivity index (χ0n) is 15.8. The van der Waals surface area contributed by atoms with Crippen molar-refractivity contribution in [1.82, 2.24) is 14.1 Å². The number of rotatable bonds is 5. The number of hydrogen-bond acceptors (Lipinski definition) is 3. The third-order valence-electron chi connectivity index (χ3n) is 5.22. The molecule has 0 atom stereocenters. The largest absolute Gasteiger partial charge is 0.344 e. The molecule has 138 valence electrons. The number of fused-ring (bicyclic) bond motifs is 2. The number of nitrogens with two attached hydrogens (primary N) is 1. The highest BCUT2D eigenvalue weighted by Crippen LogP contribution is 2.33. The van der Waals surface area contributed by atoms with Gasteiger partial charge < -0.3 is 14.9 Å². The minimum absolute atomic E-state index is 0.0647. The first-order valence-corrected chi connectivity index (χ1v) is 9.43. The lowest BCUT2D eigenvalue weighted by Crippen LogP contribution is -2.21. The first kappa shape index (κ1) is 17.5. The van der Waals surface area contributed by atoms with Gasteiger partial charge in [0.05, 0.1) is 11.0 Å². The molecule has 0 aliphatic heterocycles. The van der Waals surface area contributed by atoms with Gasteiger partial charge in [-0.15, -0.1) is 0 Å². The van der Waals surface area contributed by atoms with Gasteiger partial charge in [-0.25, -0.2) is 4.98 Å². The fourth-order valence-corrected chi connectivity index (χ4v) is 3.93. The van der Waals surface area contributed by atoms with E-state index in [1.54, 1.807) is 4.57 Å². The zero-order chi connectivity index (χ0) is 19.0. The molecule has 5 heteroatoms. The second kappa shape index (κ2) is 7.00. The van der Waals surface area contributed by atoms with Crippen LogP contribution in [0.25, 0.3) is 33.2 Å². The van der Waals surface area contributed by atoms with Crippen LogP contribution in [0.1, 0.15) is 19.0 Å². The molecule has 0 saturated carbocycles. The molecule has 0 fully saturated rings. The Hall–Kier alpha value is -2.92. The van der Waals surface area contributed by atoms with Gasteiger partial charge in [0.1, 0.15) is 5.69 Å². The van der Waals surface area contributed by atoms with Crippen molar-refractivity contribution >= 4 is 21.9 Å². The normalized spacial score (nSPS) is 11.5. The van der Waals surface area contributed by atoms with E-state index in [2.05, 4.69) is 23.6 Å². The summed E-state index contributed by atoms with van der Waals surface area (Å²) < 4.78 is 4.00. The summed E-state index contributed by atoms with van der Waals surface area (Å²) in [6.07, 6.45) is 1.72. The van der Waals surface area contributed by atoms with Crippen molar-refractivity contribution in [2.75, 3.05) is 6.54 Å². The molecule has 4 aromatic rings. The summed E-state index contributed by atoms with van der Waals surface area (Å²) in [5, 5.41) is 1.08. The minimum Gasteiger partial charge on any atom is -0.344 e. The molecule has 0 spiro atoms. The van der Waals surface area contributed by atoms with Gasteiger partial charge in [0, 0.05) is 35.8 Å². The van der Waals surface area contributed by atoms with Crippen LogP contribution in [-0.4, -0.2) is 20.7 Å². The molecule has 2 aromatic heterocycles. The van der Waals surface area contributed by atoms with Crippen molar-refractivity contribution in [2.24, 2.45) is 12.8 Å². The highest BCUT2D eigenvalue weighted by Gasteiger charge is 2.21. The molecule has 0 aliphatic carbocycles. The molecule has 2 N–H and O–H groups in total. The quantitative estimate of drug-likeness (QED) is 0.593. The average Bonchev–Trinajstić information content (AvgIpc) is 3.02. The Morgan fingerprint density at radius 2 is 1.74 bits per heavy atom. The molecule has 0 amide bonds. The first-order valence-electron chi connectivity index (χ1n) is 9.43. The van der Waals surface area contributed by atoms with E-state index in [0.717, 1.165) is 52.6 Å². The number of aryl methyl sites for hydroxylation is 2. The van der Waals surface area contributed by atoms with Gasteiger partial charge in [-0.05, 0) is 37.6 Å². The molecule has 2 aromatic carbocycles. The van der Waals surface area contributed by atoms with Gasteiger partial charge in [0.2, 0.25) is 0 Å². The zero-order valence-corrected chi connectivity index (χ0v) is 15.8. The molecule has 0 unspecified atom stereocenters. The molecule has 0 bridgehead atoms. The van der Waals surface area contributed by atoms with Gasteiger partial charge in [-0.2, -0.15) is 0 Å². The predicted molar refractivity (Wildman–Crippen MR) is 111 cm³/mol. The van der Waals surface area contributed by atoms with Gasteiger partial charge in [0.25, 0.3) is 5.56 Å². The molecule has 0 aliphatic rings. The van der Waals surface area contributed by atoms with Gasteiger partial charge >= 0.3 is 0 Å². The molecule has 0 saturated heterocycles. The first-order chi connectivity index (χ1) is 13.2. The Labute approximate surface area is 158 Å². The van der Waals surface area contributed by atoms with Crippen LogP contribution in [-0.2, 0) is 20.0 Å². The van der Waals surface area contributed by atoms with Crippen molar-refractivity contribution in [3.63, 3.8) is 0 Å². The number of hydrogen-bond donors (Lipinski definition) is 1. The highest BCUT2D eigenvalue weighted by molar-refractivity contribution is 5.98. The summed E-state index contributed by atoms with van der Waals surface area (Å²) in [6.45, 7) is 3.61. The van der Waals surface area contributed by atoms with Gasteiger partial charge in [-0.1, -0.05) is 37.3 Å². The van der Waals surface area contributed by atoms with Gasteiger partial charge in [0.15, 0.2) is 0 Å². The fourth-order valence-electron chi connectivity index (χ4n) is 3.93. The van der Waals surface area contributed by atoms with E-state index in [0.29, 0.717) is 12.2 Å². The summed E-state index contributed by atoms with van der Waals surface area (Å²) in [6, 6.07) is 16.0. The number of para-hydroxylation sites is 3.